The Labute approximate surface area is 145 Å². The van der Waals surface area contributed by atoms with Crippen molar-refractivity contribution in [2.24, 2.45) is 5.92 Å². The van der Waals surface area contributed by atoms with E-state index in [0.717, 1.165) is 28.8 Å². The summed E-state index contributed by atoms with van der Waals surface area (Å²) in [6.45, 7) is 6.58. The second-order valence-electron chi connectivity index (χ2n) is 6.39. The number of amides is 1. The van der Waals surface area contributed by atoms with Crippen molar-refractivity contribution in [1.29, 1.82) is 0 Å². The van der Waals surface area contributed by atoms with Gasteiger partial charge in [0.2, 0.25) is 0 Å². The number of nitrogens with zero attached hydrogens (tertiary/aromatic N) is 1. The van der Waals surface area contributed by atoms with E-state index in [1.807, 2.05) is 24.3 Å². The van der Waals surface area contributed by atoms with Crippen molar-refractivity contribution in [1.82, 2.24) is 4.98 Å². The third-order valence-electron chi connectivity index (χ3n) is 3.87. The molecular formula is C18H22N2OS2. The van der Waals surface area contributed by atoms with Gasteiger partial charge in [-0.05, 0) is 43.4 Å². The van der Waals surface area contributed by atoms with Crippen LogP contribution in [0.5, 0.6) is 0 Å². The van der Waals surface area contributed by atoms with Crippen molar-refractivity contribution >= 4 is 34.1 Å². The van der Waals surface area contributed by atoms with Gasteiger partial charge in [0.15, 0.2) is 5.13 Å². The van der Waals surface area contributed by atoms with Gasteiger partial charge >= 0.3 is 0 Å². The highest BCUT2D eigenvalue weighted by molar-refractivity contribution is 7.99. The normalized spacial score (nSPS) is 17.1. The summed E-state index contributed by atoms with van der Waals surface area (Å²) in [5.74, 6) is 0.645. The van der Waals surface area contributed by atoms with E-state index in [1.54, 1.807) is 23.1 Å². The second kappa shape index (κ2) is 7.05. The molecule has 1 aromatic heterocycles. The van der Waals surface area contributed by atoms with Crippen LogP contribution in [0.1, 0.15) is 48.1 Å². The zero-order valence-corrected chi connectivity index (χ0v) is 15.4. The van der Waals surface area contributed by atoms with Gasteiger partial charge in [0.25, 0.3) is 5.91 Å². The number of carbonyl (C=O) groups is 1. The van der Waals surface area contributed by atoms with Gasteiger partial charge in [0.05, 0.1) is 5.69 Å². The Bertz CT molecular complexity index is 709. The van der Waals surface area contributed by atoms with Crippen LogP contribution in [-0.4, -0.2) is 16.1 Å². The zero-order chi connectivity index (χ0) is 16.4. The molecule has 2 aromatic rings. The highest BCUT2D eigenvalue weighted by Gasteiger charge is 2.20. The minimum atomic E-state index is -0.0737. The summed E-state index contributed by atoms with van der Waals surface area (Å²) in [5.41, 5.74) is 1.87. The van der Waals surface area contributed by atoms with E-state index in [9.17, 15) is 4.79 Å². The number of aryl methyl sites for hydroxylation is 1. The molecule has 0 spiro atoms. The first-order valence-electron chi connectivity index (χ1n) is 8.08. The summed E-state index contributed by atoms with van der Waals surface area (Å²) >= 11 is 3.39. The molecular weight excluding hydrogens is 324 g/mol. The van der Waals surface area contributed by atoms with Gasteiger partial charge in [-0.25, -0.2) is 4.98 Å². The molecule has 5 heteroatoms. The minimum absolute atomic E-state index is 0.0737. The van der Waals surface area contributed by atoms with E-state index in [0.29, 0.717) is 10.8 Å². The lowest BCUT2D eigenvalue weighted by Crippen LogP contribution is -2.12. The number of thiazole rings is 1. The number of nitrogens with one attached hydrogen (secondary N) is 1. The van der Waals surface area contributed by atoms with E-state index in [-0.39, 0.29) is 5.91 Å². The van der Waals surface area contributed by atoms with Gasteiger partial charge in [-0.2, -0.15) is 0 Å². The summed E-state index contributed by atoms with van der Waals surface area (Å²) in [5, 5.41) is 4.20. The molecule has 0 saturated heterocycles. The van der Waals surface area contributed by atoms with Gasteiger partial charge in [-0.3, -0.25) is 10.1 Å². The van der Waals surface area contributed by atoms with Crippen LogP contribution in [0, 0.1) is 5.92 Å². The van der Waals surface area contributed by atoms with Crippen LogP contribution in [0.25, 0.3) is 0 Å². The van der Waals surface area contributed by atoms with Crippen LogP contribution in [-0.2, 0) is 12.8 Å². The molecule has 0 bridgehead atoms. The molecule has 1 atom stereocenters. The Balaban J connectivity index is 1.72. The molecule has 1 N–H and O–H groups in total. The smallest absolute Gasteiger partial charge is 0.257 e. The molecule has 1 aliphatic rings. The van der Waals surface area contributed by atoms with Crippen LogP contribution >= 0.6 is 23.1 Å². The van der Waals surface area contributed by atoms with Crippen LogP contribution in [0.2, 0.25) is 0 Å². The lowest BCUT2D eigenvalue weighted by molar-refractivity contribution is 0.102. The lowest BCUT2D eigenvalue weighted by Gasteiger charge is -2.15. The van der Waals surface area contributed by atoms with E-state index in [2.05, 4.69) is 31.1 Å². The quantitative estimate of drug-likeness (QED) is 0.790. The van der Waals surface area contributed by atoms with Crippen LogP contribution in [0.3, 0.4) is 0 Å². The summed E-state index contributed by atoms with van der Waals surface area (Å²) in [6.07, 6.45) is 3.31. The third-order valence-corrected chi connectivity index (χ3v) is 5.91. The fourth-order valence-electron chi connectivity index (χ4n) is 2.75. The number of benzene rings is 1. The Hall–Kier alpha value is -1.33. The summed E-state index contributed by atoms with van der Waals surface area (Å²) in [4.78, 5) is 19.5. The third kappa shape index (κ3) is 4.15. The predicted molar refractivity (Wildman–Crippen MR) is 98.7 cm³/mol. The molecule has 23 heavy (non-hydrogen) atoms. The first kappa shape index (κ1) is 16.5. The zero-order valence-electron chi connectivity index (χ0n) is 13.8. The van der Waals surface area contributed by atoms with Crippen molar-refractivity contribution in [3.63, 3.8) is 0 Å². The second-order valence-corrected chi connectivity index (χ2v) is 9.12. The van der Waals surface area contributed by atoms with Gasteiger partial charge in [0.1, 0.15) is 0 Å². The monoisotopic (exact) mass is 346 g/mol. The average Bonchev–Trinajstić information content (AvgIpc) is 2.88. The maximum Gasteiger partial charge on any atom is 0.257 e. The van der Waals surface area contributed by atoms with Crippen LogP contribution in [0.15, 0.2) is 29.2 Å². The summed E-state index contributed by atoms with van der Waals surface area (Å²) < 4.78 is 0. The van der Waals surface area contributed by atoms with E-state index in [4.69, 9.17) is 0 Å². The maximum absolute atomic E-state index is 12.5. The summed E-state index contributed by atoms with van der Waals surface area (Å²) in [6, 6.07) is 7.80. The molecule has 3 rings (SSSR count). The van der Waals surface area contributed by atoms with E-state index >= 15 is 0 Å². The molecule has 1 heterocycles. The van der Waals surface area contributed by atoms with E-state index in [1.165, 1.54) is 17.0 Å². The number of thioether (sulfide) groups is 1. The van der Waals surface area contributed by atoms with Crippen molar-refractivity contribution < 1.29 is 4.79 Å². The van der Waals surface area contributed by atoms with Crippen LogP contribution in [0.4, 0.5) is 5.13 Å². The number of carbonyl (C=O) groups excluding carboxylic acids is 1. The van der Waals surface area contributed by atoms with E-state index < -0.39 is 0 Å². The number of aromatic nitrogens is 1. The van der Waals surface area contributed by atoms with Crippen molar-refractivity contribution in [3.8, 4) is 0 Å². The first-order valence-corrected chi connectivity index (χ1v) is 9.77. The van der Waals surface area contributed by atoms with Gasteiger partial charge in [-0.15, -0.1) is 23.1 Å². The Kier molecular flexibility index (Phi) is 5.07. The van der Waals surface area contributed by atoms with Crippen molar-refractivity contribution in [2.45, 2.75) is 50.2 Å². The molecule has 1 aromatic carbocycles. The first-order chi connectivity index (χ1) is 11.0. The molecule has 3 nitrogen and oxygen atoms in total. The fraction of sp³-hybridized carbons (Fsp3) is 0.444. The number of fused-ring (bicyclic) bond motifs is 1. The largest absolute Gasteiger partial charge is 0.298 e. The molecule has 1 amide bonds. The standard InChI is InChI=1S/C18H22N2OS2/c1-11(2)22-14-6-4-5-13(10-14)17(21)20-18-19-15-8-7-12(3)9-16(15)23-18/h4-6,10-12H,7-9H2,1-3H3,(H,19,20,21). The molecule has 1 aliphatic carbocycles. The summed E-state index contributed by atoms with van der Waals surface area (Å²) in [7, 11) is 0. The number of anilines is 1. The highest BCUT2D eigenvalue weighted by atomic mass is 32.2. The van der Waals surface area contributed by atoms with Gasteiger partial charge in [0, 0.05) is 20.6 Å². The van der Waals surface area contributed by atoms with Crippen LogP contribution < -0.4 is 5.32 Å². The van der Waals surface area contributed by atoms with Gasteiger partial charge < -0.3 is 0 Å². The fourth-order valence-corrected chi connectivity index (χ4v) is 4.81. The maximum atomic E-state index is 12.5. The molecule has 1 unspecified atom stereocenters. The van der Waals surface area contributed by atoms with Gasteiger partial charge in [-0.1, -0.05) is 26.8 Å². The molecule has 0 radical (unpaired) electrons. The molecule has 0 saturated carbocycles. The topological polar surface area (TPSA) is 42.0 Å². The highest BCUT2D eigenvalue weighted by Crippen LogP contribution is 2.32. The molecule has 122 valence electrons. The predicted octanol–water partition coefficient (Wildman–Crippen LogP) is 5.02. The number of hydrogen-bond acceptors (Lipinski definition) is 4. The SMILES string of the molecule is CC1CCc2nc(NC(=O)c3cccc(SC(C)C)c3)sc2C1. The number of rotatable bonds is 4. The molecule has 0 fully saturated rings. The Morgan fingerprint density at radius 1 is 1.43 bits per heavy atom. The van der Waals surface area contributed by atoms with Crippen molar-refractivity contribution in [3.05, 3.63) is 40.4 Å². The van der Waals surface area contributed by atoms with Crippen molar-refractivity contribution in [2.75, 3.05) is 5.32 Å². The molecule has 0 aliphatic heterocycles. The Morgan fingerprint density at radius 2 is 2.26 bits per heavy atom. The Morgan fingerprint density at radius 3 is 3.04 bits per heavy atom. The lowest BCUT2D eigenvalue weighted by atomic mass is 9.93. The minimum Gasteiger partial charge on any atom is -0.298 e. The number of hydrogen-bond donors (Lipinski definition) is 1. The average molecular weight is 347 g/mol.